The van der Waals surface area contributed by atoms with E-state index in [1.165, 1.54) is 5.56 Å². The maximum atomic E-state index is 12.0. The number of carbonyl (C=O) groups is 2. The van der Waals surface area contributed by atoms with Crippen LogP contribution in [-0.4, -0.2) is 21.9 Å². The number of nitrogens with zero attached hydrogens (tertiary/aromatic N) is 2. The van der Waals surface area contributed by atoms with Crippen LogP contribution in [0.3, 0.4) is 0 Å². The Kier molecular flexibility index (Phi) is 7.28. The lowest BCUT2D eigenvalue weighted by atomic mass is 10.1. The van der Waals surface area contributed by atoms with Gasteiger partial charge in [-0.3, -0.25) is 9.59 Å². The second-order valence-corrected chi connectivity index (χ2v) is 7.02. The van der Waals surface area contributed by atoms with Gasteiger partial charge in [-0.15, -0.1) is 10.2 Å². The highest BCUT2D eigenvalue weighted by atomic mass is 16.4. The van der Waals surface area contributed by atoms with Gasteiger partial charge in [0.2, 0.25) is 17.6 Å². The third-order valence-electron chi connectivity index (χ3n) is 4.63. The molecule has 1 heterocycles. The standard InChI is InChI=1S/C23H25N3O3/c1-17-12-14-19(15-13-17)23-26-25-21(29-23)16-24-22(28)20(27)11-7-3-6-10-18-8-4-2-5-9-18/h2,4-5,8-9,12-15H,3,6-7,10-11,16H2,1H3,(H,24,28). The van der Waals surface area contributed by atoms with Crippen LogP contribution in [0.1, 0.15) is 42.7 Å². The quantitative estimate of drug-likeness (QED) is 0.416. The highest BCUT2D eigenvalue weighted by Crippen LogP contribution is 2.18. The summed E-state index contributed by atoms with van der Waals surface area (Å²) in [4.78, 5) is 23.9. The lowest BCUT2D eigenvalue weighted by molar-refractivity contribution is -0.138. The van der Waals surface area contributed by atoms with E-state index in [1.807, 2.05) is 49.4 Å². The zero-order valence-corrected chi connectivity index (χ0v) is 16.6. The van der Waals surface area contributed by atoms with Crippen LogP contribution in [0.2, 0.25) is 0 Å². The summed E-state index contributed by atoms with van der Waals surface area (Å²) in [5.74, 6) is -0.366. The van der Waals surface area contributed by atoms with Crippen molar-refractivity contribution < 1.29 is 14.0 Å². The molecule has 0 spiro atoms. The lowest BCUT2D eigenvalue weighted by Crippen LogP contribution is -2.30. The summed E-state index contributed by atoms with van der Waals surface area (Å²) in [6, 6.07) is 17.9. The Morgan fingerprint density at radius 1 is 0.931 bits per heavy atom. The van der Waals surface area contributed by atoms with E-state index in [2.05, 4.69) is 27.6 Å². The van der Waals surface area contributed by atoms with E-state index in [1.54, 1.807) is 0 Å². The van der Waals surface area contributed by atoms with Crippen molar-refractivity contribution in [2.75, 3.05) is 0 Å². The van der Waals surface area contributed by atoms with Crippen LogP contribution < -0.4 is 5.32 Å². The van der Waals surface area contributed by atoms with Crippen molar-refractivity contribution in [3.05, 3.63) is 71.6 Å². The molecule has 1 aromatic heterocycles. The highest BCUT2D eigenvalue weighted by molar-refractivity contribution is 6.36. The summed E-state index contributed by atoms with van der Waals surface area (Å²) >= 11 is 0. The summed E-state index contributed by atoms with van der Waals surface area (Å²) < 4.78 is 5.55. The first-order chi connectivity index (χ1) is 14.1. The third-order valence-corrected chi connectivity index (χ3v) is 4.63. The van der Waals surface area contributed by atoms with Crippen molar-refractivity contribution in [1.82, 2.24) is 15.5 Å². The molecule has 1 N–H and O–H groups in total. The Morgan fingerprint density at radius 2 is 1.69 bits per heavy atom. The van der Waals surface area contributed by atoms with Gasteiger partial charge in [0.05, 0.1) is 6.54 Å². The molecule has 0 aliphatic heterocycles. The number of benzene rings is 2. The number of aryl methyl sites for hydroxylation is 2. The minimum absolute atomic E-state index is 0.0391. The average molecular weight is 391 g/mol. The third kappa shape index (κ3) is 6.38. The van der Waals surface area contributed by atoms with Crippen LogP contribution in [0.5, 0.6) is 0 Å². The number of amides is 1. The van der Waals surface area contributed by atoms with Crippen LogP contribution in [0.15, 0.2) is 59.0 Å². The molecule has 1 amide bonds. The van der Waals surface area contributed by atoms with Gasteiger partial charge in [0.25, 0.3) is 5.91 Å². The largest absolute Gasteiger partial charge is 0.419 e. The number of hydrogen-bond donors (Lipinski definition) is 1. The van der Waals surface area contributed by atoms with Crippen LogP contribution >= 0.6 is 0 Å². The van der Waals surface area contributed by atoms with E-state index < -0.39 is 11.7 Å². The zero-order valence-electron chi connectivity index (χ0n) is 16.6. The smallest absolute Gasteiger partial charge is 0.287 e. The fraction of sp³-hybridized carbons (Fsp3) is 0.304. The number of unbranched alkanes of at least 4 members (excludes halogenated alkanes) is 2. The first kappa shape index (κ1) is 20.5. The molecule has 0 aliphatic rings. The Hall–Kier alpha value is -3.28. The molecule has 6 heteroatoms. The molecule has 0 saturated carbocycles. The normalized spacial score (nSPS) is 10.7. The second kappa shape index (κ2) is 10.3. The van der Waals surface area contributed by atoms with Gasteiger partial charge in [-0.2, -0.15) is 0 Å². The number of nitrogens with one attached hydrogen (secondary N) is 1. The molecule has 29 heavy (non-hydrogen) atoms. The first-order valence-electron chi connectivity index (χ1n) is 9.86. The Morgan fingerprint density at radius 3 is 2.45 bits per heavy atom. The molecule has 0 bridgehead atoms. The van der Waals surface area contributed by atoms with E-state index in [4.69, 9.17) is 4.42 Å². The zero-order chi connectivity index (χ0) is 20.5. The van der Waals surface area contributed by atoms with E-state index >= 15 is 0 Å². The summed E-state index contributed by atoms with van der Waals surface area (Å²) in [5.41, 5.74) is 3.24. The van der Waals surface area contributed by atoms with E-state index in [0.717, 1.165) is 30.4 Å². The molecular weight excluding hydrogens is 366 g/mol. The predicted molar refractivity (Wildman–Crippen MR) is 110 cm³/mol. The van der Waals surface area contributed by atoms with E-state index in [-0.39, 0.29) is 18.9 Å². The van der Waals surface area contributed by atoms with Crippen LogP contribution in [0.4, 0.5) is 0 Å². The van der Waals surface area contributed by atoms with Crippen molar-refractivity contribution in [2.24, 2.45) is 0 Å². The molecule has 0 saturated heterocycles. The van der Waals surface area contributed by atoms with Gasteiger partial charge in [-0.1, -0.05) is 54.4 Å². The van der Waals surface area contributed by atoms with Crippen LogP contribution in [0, 0.1) is 6.92 Å². The van der Waals surface area contributed by atoms with Gasteiger partial charge in [0.1, 0.15) is 0 Å². The molecule has 0 fully saturated rings. The van der Waals surface area contributed by atoms with Crippen molar-refractivity contribution in [1.29, 1.82) is 0 Å². The van der Waals surface area contributed by atoms with Gasteiger partial charge in [-0.05, 0) is 43.9 Å². The summed E-state index contributed by atoms with van der Waals surface area (Å²) in [7, 11) is 0. The van der Waals surface area contributed by atoms with Crippen LogP contribution in [0.25, 0.3) is 11.5 Å². The minimum atomic E-state index is -0.608. The fourth-order valence-electron chi connectivity index (χ4n) is 2.94. The second-order valence-electron chi connectivity index (χ2n) is 7.02. The molecule has 150 valence electrons. The minimum Gasteiger partial charge on any atom is -0.419 e. The van der Waals surface area contributed by atoms with Crippen molar-refractivity contribution in [3.8, 4) is 11.5 Å². The number of rotatable bonds is 10. The van der Waals surface area contributed by atoms with Gasteiger partial charge in [0.15, 0.2) is 0 Å². The van der Waals surface area contributed by atoms with Crippen molar-refractivity contribution >= 4 is 11.7 Å². The predicted octanol–water partition coefficient (Wildman–Crippen LogP) is 4.03. The Bertz CT molecular complexity index is 934. The highest BCUT2D eigenvalue weighted by Gasteiger charge is 2.15. The first-order valence-corrected chi connectivity index (χ1v) is 9.86. The molecule has 3 aromatic rings. The van der Waals surface area contributed by atoms with E-state index in [9.17, 15) is 9.59 Å². The van der Waals surface area contributed by atoms with Crippen LogP contribution in [-0.2, 0) is 22.6 Å². The van der Waals surface area contributed by atoms with Gasteiger partial charge >= 0.3 is 0 Å². The molecular formula is C23H25N3O3. The Balaban J connectivity index is 1.35. The maximum Gasteiger partial charge on any atom is 0.287 e. The van der Waals surface area contributed by atoms with Crippen molar-refractivity contribution in [3.63, 3.8) is 0 Å². The summed E-state index contributed by atoms with van der Waals surface area (Å²) in [6.45, 7) is 2.04. The summed E-state index contributed by atoms with van der Waals surface area (Å²) in [5, 5.41) is 10.5. The maximum absolute atomic E-state index is 12.0. The lowest BCUT2D eigenvalue weighted by Gasteiger charge is -2.03. The molecule has 0 atom stereocenters. The number of hydrogen-bond acceptors (Lipinski definition) is 5. The number of aromatic nitrogens is 2. The van der Waals surface area contributed by atoms with Crippen molar-refractivity contribution in [2.45, 2.75) is 45.6 Å². The monoisotopic (exact) mass is 391 g/mol. The number of ketones is 1. The number of Topliss-reactive ketones (excluding diaryl/α,β-unsaturated/α-hetero) is 1. The number of carbonyl (C=O) groups excluding carboxylic acids is 2. The van der Waals surface area contributed by atoms with Gasteiger partial charge in [-0.25, -0.2) is 0 Å². The molecule has 0 radical (unpaired) electrons. The molecule has 2 aromatic carbocycles. The molecule has 0 unspecified atom stereocenters. The van der Waals surface area contributed by atoms with E-state index in [0.29, 0.717) is 12.3 Å². The molecule has 0 aliphatic carbocycles. The summed E-state index contributed by atoms with van der Waals surface area (Å²) in [6.07, 6.45) is 3.86. The SMILES string of the molecule is Cc1ccc(-c2nnc(CNC(=O)C(=O)CCCCCc3ccccc3)o2)cc1. The Labute approximate surface area is 170 Å². The van der Waals surface area contributed by atoms with Gasteiger partial charge in [0, 0.05) is 12.0 Å². The topological polar surface area (TPSA) is 85.1 Å². The van der Waals surface area contributed by atoms with Gasteiger partial charge < -0.3 is 9.73 Å². The molecule has 6 nitrogen and oxygen atoms in total. The molecule has 3 rings (SSSR count). The average Bonchev–Trinajstić information content (AvgIpc) is 3.22. The fourth-order valence-corrected chi connectivity index (χ4v) is 2.94.